The van der Waals surface area contributed by atoms with Crippen LogP contribution in [0.2, 0.25) is 0 Å². The van der Waals surface area contributed by atoms with Gasteiger partial charge in [-0.25, -0.2) is 9.00 Å². The highest BCUT2D eigenvalue weighted by atomic mass is 32.2. The number of hydrogen-bond donors (Lipinski definition) is 1. The number of para-hydroxylation sites is 1. The Morgan fingerprint density at radius 1 is 0.947 bits per heavy atom. The number of fused-ring (bicyclic) bond motifs is 1. The summed E-state index contributed by atoms with van der Waals surface area (Å²) < 4.78 is 35.0. The summed E-state index contributed by atoms with van der Waals surface area (Å²) in [7, 11) is 0. The van der Waals surface area contributed by atoms with Gasteiger partial charge in [0.1, 0.15) is 23.0 Å². The van der Waals surface area contributed by atoms with Crippen LogP contribution in [0.1, 0.15) is 45.9 Å². The van der Waals surface area contributed by atoms with Crippen LogP contribution in [0.25, 0.3) is 34.2 Å². The zero-order valence-corrected chi connectivity index (χ0v) is 23.1. The van der Waals surface area contributed by atoms with Gasteiger partial charge in [-0.2, -0.15) is 0 Å². The van der Waals surface area contributed by atoms with Gasteiger partial charge < -0.3 is 9.15 Å². The lowest BCUT2D eigenvalue weighted by atomic mass is 10.0. The van der Waals surface area contributed by atoms with Crippen LogP contribution in [0.3, 0.4) is 0 Å². The molecule has 4 aromatic rings. The average Bonchev–Trinajstić information content (AvgIpc) is 3.28. The lowest BCUT2D eigenvalue weighted by Gasteiger charge is -2.33. The van der Waals surface area contributed by atoms with Crippen LogP contribution in [-0.2, 0) is 20.8 Å². The van der Waals surface area contributed by atoms with Gasteiger partial charge >= 0.3 is 5.97 Å². The first kappa shape index (κ1) is 27.4. The molecule has 0 spiro atoms. The van der Waals surface area contributed by atoms with E-state index in [9.17, 15) is 13.6 Å². The molecule has 4 rings (SSSR count). The van der Waals surface area contributed by atoms with Gasteiger partial charge in [-0.05, 0) is 73.7 Å². The molecule has 38 heavy (non-hydrogen) atoms. The van der Waals surface area contributed by atoms with Gasteiger partial charge in [-0.3, -0.25) is 8.86 Å². The largest absolute Gasteiger partial charge is 0.458 e. The van der Waals surface area contributed by atoms with Crippen molar-refractivity contribution < 1.29 is 22.7 Å². The first-order valence-corrected chi connectivity index (χ1v) is 13.6. The Labute approximate surface area is 226 Å². The third-order valence-electron chi connectivity index (χ3n) is 5.95. The summed E-state index contributed by atoms with van der Waals surface area (Å²) in [5, 5.41) is 1.07. The third-order valence-corrected chi connectivity index (χ3v) is 6.73. The molecule has 6 nitrogen and oxygen atoms in total. The molecule has 0 amide bonds. The second kappa shape index (κ2) is 11.4. The molecule has 3 aromatic carbocycles. The predicted molar refractivity (Wildman–Crippen MR) is 155 cm³/mol. The zero-order valence-electron chi connectivity index (χ0n) is 22.3. The molecule has 0 saturated heterocycles. The fraction of sp³-hybridized carbons (Fsp3) is 0.258. The molecule has 0 bridgehead atoms. The molecule has 2 atom stereocenters. The van der Waals surface area contributed by atoms with Crippen LogP contribution < -0.4 is 4.31 Å². The van der Waals surface area contributed by atoms with Gasteiger partial charge in [0, 0.05) is 5.39 Å². The second-order valence-corrected chi connectivity index (χ2v) is 11.3. The van der Waals surface area contributed by atoms with Gasteiger partial charge in [0.25, 0.3) is 11.3 Å². The van der Waals surface area contributed by atoms with Gasteiger partial charge in [-0.15, -0.1) is 0 Å². The predicted octanol–water partition coefficient (Wildman–Crippen LogP) is 7.58. The van der Waals surface area contributed by atoms with E-state index < -0.39 is 28.9 Å². The van der Waals surface area contributed by atoms with E-state index in [1.54, 1.807) is 32.9 Å². The van der Waals surface area contributed by atoms with Crippen molar-refractivity contribution in [2.45, 2.75) is 46.3 Å². The van der Waals surface area contributed by atoms with E-state index in [1.807, 2.05) is 92.7 Å². The third kappa shape index (κ3) is 6.60. The maximum absolute atomic E-state index is 12.9. The van der Waals surface area contributed by atoms with E-state index in [4.69, 9.17) is 9.15 Å². The quantitative estimate of drug-likeness (QED) is 0.187. The molecule has 1 N–H and O–H groups in total. The number of rotatable bonds is 8. The Morgan fingerprint density at radius 2 is 1.55 bits per heavy atom. The zero-order chi connectivity index (χ0) is 27.4. The van der Waals surface area contributed by atoms with Gasteiger partial charge in [-0.1, -0.05) is 74.5 Å². The number of carbonyl (C=O) groups excluding carboxylic acids is 1. The van der Waals surface area contributed by atoms with Crippen LogP contribution in [0.5, 0.6) is 0 Å². The van der Waals surface area contributed by atoms with Crippen LogP contribution in [0.15, 0.2) is 83.3 Å². The topological polar surface area (TPSA) is 80.0 Å². The lowest BCUT2D eigenvalue weighted by molar-refractivity contribution is -0.157. The van der Waals surface area contributed by atoms with Crippen molar-refractivity contribution >= 4 is 46.0 Å². The molecular weight excluding hydrogens is 498 g/mol. The van der Waals surface area contributed by atoms with E-state index in [0.717, 1.165) is 33.4 Å². The van der Waals surface area contributed by atoms with Crippen molar-refractivity contribution in [2.75, 3.05) is 4.31 Å². The fourth-order valence-electron chi connectivity index (χ4n) is 4.20. The number of carbonyl (C=O) groups is 1. The lowest BCUT2D eigenvalue weighted by Crippen LogP contribution is -2.48. The second-order valence-electron chi connectivity index (χ2n) is 10.5. The molecule has 198 valence electrons. The van der Waals surface area contributed by atoms with Crippen molar-refractivity contribution in [1.29, 1.82) is 0 Å². The highest BCUT2D eigenvalue weighted by molar-refractivity contribution is 7.80. The van der Waals surface area contributed by atoms with Crippen molar-refractivity contribution in [3.8, 4) is 11.1 Å². The van der Waals surface area contributed by atoms with Crippen LogP contribution in [0.4, 0.5) is 5.69 Å². The Balaban J connectivity index is 1.51. The summed E-state index contributed by atoms with van der Waals surface area (Å²) in [5.41, 5.74) is 3.60. The minimum absolute atomic E-state index is 0.249. The maximum Gasteiger partial charge on any atom is 0.330 e. The number of furan rings is 1. The van der Waals surface area contributed by atoms with Crippen LogP contribution >= 0.6 is 0 Å². The van der Waals surface area contributed by atoms with Crippen molar-refractivity contribution in [2.24, 2.45) is 5.92 Å². The molecule has 0 aliphatic carbocycles. The van der Waals surface area contributed by atoms with E-state index in [0.29, 0.717) is 5.69 Å². The van der Waals surface area contributed by atoms with E-state index >= 15 is 0 Å². The maximum atomic E-state index is 12.9. The first-order valence-electron chi connectivity index (χ1n) is 12.5. The molecule has 2 unspecified atom stereocenters. The van der Waals surface area contributed by atoms with Crippen LogP contribution in [0, 0.1) is 5.92 Å². The minimum atomic E-state index is -2.41. The summed E-state index contributed by atoms with van der Waals surface area (Å²) in [5.74, 6) is 0.00818. The van der Waals surface area contributed by atoms with Crippen LogP contribution in [-0.4, -0.2) is 26.4 Å². The highest BCUT2D eigenvalue weighted by Gasteiger charge is 2.36. The summed E-state index contributed by atoms with van der Waals surface area (Å²) in [6.45, 7) is 8.98. The van der Waals surface area contributed by atoms with E-state index in [1.165, 1.54) is 4.31 Å². The summed E-state index contributed by atoms with van der Waals surface area (Å²) in [6, 6.07) is 24.3. The highest BCUT2D eigenvalue weighted by Crippen LogP contribution is 2.29. The first-order chi connectivity index (χ1) is 18.0. The molecular formula is C31H33NO5S. The molecule has 0 saturated carbocycles. The molecule has 7 heteroatoms. The molecule has 1 aromatic heterocycles. The number of esters is 1. The number of benzene rings is 3. The number of anilines is 1. The van der Waals surface area contributed by atoms with Gasteiger partial charge in [0.05, 0.1) is 5.69 Å². The molecule has 0 fully saturated rings. The number of hydrogen-bond acceptors (Lipinski definition) is 4. The Hall–Kier alpha value is -3.68. The number of nitrogens with zero attached hydrogens (tertiary/aromatic N) is 1. The van der Waals surface area contributed by atoms with Gasteiger partial charge in [0.2, 0.25) is 0 Å². The van der Waals surface area contributed by atoms with Crippen molar-refractivity contribution in [1.82, 2.24) is 0 Å². The average molecular weight is 532 g/mol. The smallest absolute Gasteiger partial charge is 0.330 e. The Morgan fingerprint density at radius 3 is 2.11 bits per heavy atom. The summed E-state index contributed by atoms with van der Waals surface area (Å²) in [6.07, 6.45) is 3.95. The van der Waals surface area contributed by atoms with E-state index in [2.05, 4.69) is 0 Å². The monoisotopic (exact) mass is 531 g/mol. The fourth-order valence-corrected chi connectivity index (χ4v) is 5.03. The summed E-state index contributed by atoms with van der Waals surface area (Å²) >= 11 is -2.41. The Bertz CT molecular complexity index is 1410. The Kier molecular flexibility index (Phi) is 8.19. The summed E-state index contributed by atoms with van der Waals surface area (Å²) in [4.78, 5) is 12.9. The van der Waals surface area contributed by atoms with E-state index in [-0.39, 0.29) is 5.92 Å². The number of ether oxygens (including phenoxy) is 1. The standard InChI is InChI=1S/C31H33NO5S/c1-21(2)29(30(33)37-31(3,4)5)32(38(34)35)26-17-15-24(16-18-26)23-13-10-22(11-14-23)12-19-27-20-25-8-6-7-9-28(25)36-27/h6-21,29H,1-5H3,(H,34,35). The molecule has 0 aliphatic rings. The SMILES string of the molecule is CC(C)C(C(=O)OC(C)(C)C)N(c1ccc(-c2ccc(C=Cc3cc4ccccc4o3)cc2)cc1)S(=O)O. The van der Waals surface area contributed by atoms with Crippen molar-refractivity contribution in [3.05, 3.63) is 90.2 Å². The molecule has 0 radical (unpaired) electrons. The normalized spacial score (nSPS) is 13.7. The van der Waals surface area contributed by atoms with Gasteiger partial charge in [0.15, 0.2) is 0 Å². The van der Waals surface area contributed by atoms with Crippen molar-refractivity contribution in [3.63, 3.8) is 0 Å². The minimum Gasteiger partial charge on any atom is -0.458 e. The molecule has 0 aliphatic heterocycles. The molecule has 1 heterocycles.